The fraction of sp³-hybridized carbons (Fsp3) is 0.400. The number of hydrogen-bond donors (Lipinski definition) is 0. The molecule has 1 aliphatic heterocycles. The molecule has 0 aromatic heterocycles. The van der Waals surface area contributed by atoms with E-state index in [-0.39, 0.29) is 28.5 Å². The molecule has 132 valence electrons. The lowest BCUT2D eigenvalue weighted by Crippen LogP contribution is -2.41. The lowest BCUT2D eigenvalue weighted by molar-refractivity contribution is 0.00878. The first-order chi connectivity index (χ1) is 11.7. The van der Waals surface area contributed by atoms with Crippen molar-refractivity contribution in [1.82, 2.24) is 4.90 Å². The summed E-state index contributed by atoms with van der Waals surface area (Å²) in [6, 6.07) is 6.22. The minimum atomic E-state index is -3.28. The molecule has 0 fully saturated rings. The molecule has 3 nitrogen and oxygen atoms in total. The second kappa shape index (κ2) is 6.21. The summed E-state index contributed by atoms with van der Waals surface area (Å²) in [5.74, 6) is -4.40. The van der Waals surface area contributed by atoms with E-state index in [1.54, 1.807) is 18.2 Å². The summed E-state index contributed by atoms with van der Waals surface area (Å²) < 4.78 is 29.8. The van der Waals surface area contributed by atoms with Crippen molar-refractivity contribution in [2.24, 2.45) is 11.8 Å². The van der Waals surface area contributed by atoms with Gasteiger partial charge in [-0.15, -0.1) is 0 Å². The highest BCUT2D eigenvalue weighted by Crippen LogP contribution is 2.37. The Morgan fingerprint density at radius 1 is 1.16 bits per heavy atom. The molecule has 5 heteroatoms. The molecule has 1 atom stereocenters. The minimum Gasteiger partial charge on any atom is -0.269 e. The average molecular weight is 345 g/mol. The number of nitrogens with zero attached hydrogens (tertiary/aromatic N) is 1. The van der Waals surface area contributed by atoms with Gasteiger partial charge in [0.05, 0.1) is 17.7 Å². The van der Waals surface area contributed by atoms with E-state index in [0.29, 0.717) is 4.90 Å². The van der Waals surface area contributed by atoms with Gasteiger partial charge in [-0.3, -0.25) is 14.5 Å². The summed E-state index contributed by atoms with van der Waals surface area (Å²) >= 11 is 0. The first-order valence-electron chi connectivity index (χ1n) is 8.46. The molecule has 1 heterocycles. The highest BCUT2D eigenvalue weighted by atomic mass is 19.3. The molecule has 0 saturated heterocycles. The second-order valence-corrected chi connectivity index (χ2v) is 7.12. The van der Waals surface area contributed by atoms with Crippen molar-refractivity contribution >= 4 is 11.8 Å². The van der Waals surface area contributed by atoms with Gasteiger partial charge >= 0.3 is 0 Å². The van der Waals surface area contributed by atoms with Gasteiger partial charge in [-0.1, -0.05) is 50.6 Å². The van der Waals surface area contributed by atoms with Crippen LogP contribution in [0.1, 0.15) is 47.9 Å². The zero-order chi connectivity index (χ0) is 18.4. The smallest absolute Gasteiger partial charge is 0.269 e. The minimum absolute atomic E-state index is 0.00505. The molecule has 2 aliphatic rings. The third kappa shape index (κ3) is 3.15. The van der Waals surface area contributed by atoms with E-state index < -0.39 is 24.3 Å². The summed E-state index contributed by atoms with van der Waals surface area (Å²) in [6.45, 7) is 4.92. The van der Waals surface area contributed by atoms with Crippen molar-refractivity contribution in [3.63, 3.8) is 0 Å². The van der Waals surface area contributed by atoms with E-state index in [4.69, 9.17) is 0 Å². The second-order valence-electron chi connectivity index (χ2n) is 7.12. The van der Waals surface area contributed by atoms with Gasteiger partial charge in [0.1, 0.15) is 0 Å². The highest BCUT2D eigenvalue weighted by Gasteiger charge is 2.44. The molecule has 3 rings (SSSR count). The number of carbonyl (C=O) groups is 2. The van der Waals surface area contributed by atoms with E-state index in [1.165, 1.54) is 18.2 Å². The number of carbonyl (C=O) groups excluding carboxylic acids is 2. The van der Waals surface area contributed by atoms with Crippen molar-refractivity contribution < 1.29 is 18.4 Å². The molecule has 25 heavy (non-hydrogen) atoms. The third-order valence-corrected chi connectivity index (χ3v) is 4.76. The maximum atomic E-state index is 14.9. The first kappa shape index (κ1) is 17.5. The van der Waals surface area contributed by atoms with E-state index >= 15 is 0 Å². The summed E-state index contributed by atoms with van der Waals surface area (Å²) in [5.41, 5.74) is 1.24. The Morgan fingerprint density at radius 3 is 2.24 bits per heavy atom. The first-order valence-corrected chi connectivity index (χ1v) is 8.46. The SMILES string of the molecule is CC(C)C1=CC(C(F)(F)CN2C(=O)c3ccccc3C2=O)=C[C@H](C)C1. The maximum absolute atomic E-state index is 14.9. The van der Waals surface area contributed by atoms with Crippen LogP contribution in [0.3, 0.4) is 0 Å². The molecular weight excluding hydrogens is 324 g/mol. The van der Waals surface area contributed by atoms with Crippen LogP contribution in [-0.2, 0) is 0 Å². The summed E-state index contributed by atoms with van der Waals surface area (Å²) in [5, 5.41) is 0. The van der Waals surface area contributed by atoms with Gasteiger partial charge in [0.15, 0.2) is 0 Å². The van der Waals surface area contributed by atoms with Crippen LogP contribution in [0.25, 0.3) is 0 Å². The Bertz CT molecular complexity index is 758. The van der Waals surface area contributed by atoms with Crippen LogP contribution in [0.2, 0.25) is 0 Å². The lowest BCUT2D eigenvalue weighted by Gasteiger charge is -2.28. The number of allylic oxidation sites excluding steroid dienone is 3. The fourth-order valence-electron chi connectivity index (χ4n) is 3.35. The van der Waals surface area contributed by atoms with Crippen LogP contribution in [-0.4, -0.2) is 29.2 Å². The van der Waals surface area contributed by atoms with E-state index in [1.807, 2.05) is 20.8 Å². The number of alkyl halides is 2. The summed E-state index contributed by atoms with van der Waals surface area (Å²) in [6.07, 6.45) is 3.83. The molecule has 0 spiro atoms. The molecule has 0 radical (unpaired) electrons. The number of amides is 2. The molecule has 2 amide bonds. The highest BCUT2D eigenvalue weighted by molar-refractivity contribution is 6.21. The fourth-order valence-corrected chi connectivity index (χ4v) is 3.35. The van der Waals surface area contributed by atoms with E-state index in [2.05, 4.69) is 0 Å². The molecule has 0 unspecified atom stereocenters. The number of hydrogen-bond acceptors (Lipinski definition) is 2. The Balaban J connectivity index is 1.88. The molecule has 1 aromatic rings. The van der Waals surface area contributed by atoms with Gasteiger partial charge < -0.3 is 0 Å². The number of benzene rings is 1. The molecule has 0 bridgehead atoms. The summed E-state index contributed by atoms with van der Waals surface area (Å²) in [4.78, 5) is 25.3. The van der Waals surface area contributed by atoms with Gasteiger partial charge in [-0.25, -0.2) is 0 Å². The normalized spacial score (nSPS) is 20.7. The molecule has 0 N–H and O–H groups in total. The summed E-state index contributed by atoms with van der Waals surface area (Å²) in [7, 11) is 0. The third-order valence-electron chi connectivity index (χ3n) is 4.76. The number of fused-ring (bicyclic) bond motifs is 1. The van der Waals surface area contributed by atoms with Crippen LogP contribution in [0.5, 0.6) is 0 Å². The maximum Gasteiger partial charge on any atom is 0.290 e. The Kier molecular flexibility index (Phi) is 4.35. The zero-order valence-corrected chi connectivity index (χ0v) is 14.6. The van der Waals surface area contributed by atoms with Crippen LogP contribution in [0, 0.1) is 11.8 Å². The van der Waals surface area contributed by atoms with Gasteiger partial charge in [-0.2, -0.15) is 8.78 Å². The Morgan fingerprint density at radius 2 is 1.72 bits per heavy atom. The Labute approximate surface area is 146 Å². The van der Waals surface area contributed by atoms with Crippen molar-refractivity contribution in [3.8, 4) is 0 Å². The van der Waals surface area contributed by atoms with Crippen LogP contribution in [0.4, 0.5) is 8.78 Å². The van der Waals surface area contributed by atoms with E-state index in [9.17, 15) is 18.4 Å². The number of halogens is 2. The molecule has 0 saturated carbocycles. The number of imide groups is 1. The largest absolute Gasteiger partial charge is 0.290 e. The predicted molar refractivity (Wildman–Crippen MR) is 91.5 cm³/mol. The lowest BCUT2D eigenvalue weighted by atomic mass is 9.84. The Hall–Kier alpha value is -2.30. The monoisotopic (exact) mass is 345 g/mol. The van der Waals surface area contributed by atoms with Crippen LogP contribution >= 0.6 is 0 Å². The number of rotatable bonds is 4. The van der Waals surface area contributed by atoms with Gasteiger partial charge in [0.25, 0.3) is 17.7 Å². The topological polar surface area (TPSA) is 37.4 Å². The molecule has 1 aromatic carbocycles. The van der Waals surface area contributed by atoms with E-state index in [0.717, 1.165) is 12.0 Å². The predicted octanol–water partition coefficient (Wildman–Crippen LogP) is 4.47. The molecular formula is C20H21F2NO2. The average Bonchev–Trinajstić information content (AvgIpc) is 2.79. The zero-order valence-electron chi connectivity index (χ0n) is 14.6. The molecule has 1 aliphatic carbocycles. The van der Waals surface area contributed by atoms with Gasteiger partial charge in [0.2, 0.25) is 0 Å². The van der Waals surface area contributed by atoms with Crippen molar-refractivity contribution in [2.75, 3.05) is 6.54 Å². The van der Waals surface area contributed by atoms with Crippen molar-refractivity contribution in [2.45, 2.75) is 33.1 Å². The van der Waals surface area contributed by atoms with Gasteiger partial charge in [-0.05, 0) is 30.4 Å². The standard InChI is InChI=1S/C20H21F2NO2/c1-12(2)14-8-13(3)9-15(10-14)20(21,22)11-23-18(24)16-6-4-5-7-17(16)19(23)25/h4-7,9-10,12-13H,8,11H2,1-3H3/t13-/m1/s1. The van der Waals surface area contributed by atoms with Crippen molar-refractivity contribution in [3.05, 3.63) is 58.7 Å². The van der Waals surface area contributed by atoms with Crippen LogP contribution in [0.15, 0.2) is 47.6 Å². The van der Waals surface area contributed by atoms with Crippen LogP contribution < -0.4 is 0 Å². The quantitative estimate of drug-likeness (QED) is 0.755. The van der Waals surface area contributed by atoms with Crippen molar-refractivity contribution in [1.29, 1.82) is 0 Å². The van der Waals surface area contributed by atoms with Gasteiger partial charge in [0, 0.05) is 5.57 Å².